The van der Waals surface area contributed by atoms with Crippen LogP contribution in [0.15, 0.2) is 84.0 Å². The fourth-order valence-corrected chi connectivity index (χ4v) is 4.70. The van der Waals surface area contributed by atoms with Crippen molar-refractivity contribution in [2.24, 2.45) is 0 Å². The Balaban J connectivity index is 1.75. The lowest BCUT2D eigenvalue weighted by atomic mass is 9.94. The van der Waals surface area contributed by atoms with Crippen molar-refractivity contribution in [2.75, 3.05) is 23.3 Å². The van der Waals surface area contributed by atoms with Crippen molar-refractivity contribution >= 4 is 38.8 Å². The molecule has 2 amide bonds. The van der Waals surface area contributed by atoms with E-state index in [4.69, 9.17) is 9.47 Å². The smallest absolute Gasteiger partial charge is 0.269 e. The minimum absolute atomic E-state index is 0.120. The number of hydrogen-bond acceptors (Lipinski definition) is 6. The number of nitrogens with zero attached hydrogens (tertiary/aromatic N) is 1. The molecule has 0 fully saturated rings. The summed E-state index contributed by atoms with van der Waals surface area (Å²) in [6, 6.07) is 18.9. The quantitative estimate of drug-likeness (QED) is 0.312. The Bertz CT molecular complexity index is 1400. The van der Waals surface area contributed by atoms with Gasteiger partial charge in [-0.3, -0.25) is 14.3 Å². The molecule has 0 atom stereocenters. The molecule has 9 heteroatoms. The normalized spacial score (nSPS) is 14.6. The van der Waals surface area contributed by atoms with Crippen LogP contribution < -0.4 is 14.4 Å². The molecule has 0 bridgehead atoms. The minimum Gasteiger partial charge on any atom is -0.501 e. The predicted molar refractivity (Wildman–Crippen MR) is 128 cm³/mol. The fourth-order valence-electron chi connectivity index (χ4n) is 3.59. The van der Waals surface area contributed by atoms with E-state index in [-0.39, 0.29) is 21.8 Å². The van der Waals surface area contributed by atoms with Crippen molar-refractivity contribution in [3.63, 3.8) is 0 Å². The van der Waals surface area contributed by atoms with E-state index in [1.165, 1.54) is 37.6 Å². The molecule has 4 rings (SSSR count). The highest BCUT2D eigenvalue weighted by molar-refractivity contribution is 7.92. The molecule has 1 aliphatic rings. The van der Waals surface area contributed by atoms with Crippen molar-refractivity contribution in [3.05, 3.63) is 90.2 Å². The van der Waals surface area contributed by atoms with Gasteiger partial charge in [0.1, 0.15) is 5.75 Å². The van der Waals surface area contributed by atoms with Gasteiger partial charge >= 0.3 is 0 Å². The number of nitrogens with one attached hydrogen (secondary N) is 1. The van der Waals surface area contributed by atoms with Crippen LogP contribution in [0, 0.1) is 0 Å². The zero-order chi connectivity index (χ0) is 24.3. The van der Waals surface area contributed by atoms with E-state index in [9.17, 15) is 18.0 Å². The number of imide groups is 1. The van der Waals surface area contributed by atoms with Crippen molar-refractivity contribution in [1.82, 2.24) is 0 Å². The summed E-state index contributed by atoms with van der Waals surface area (Å²) in [7, 11) is -2.61. The molecule has 174 valence electrons. The van der Waals surface area contributed by atoms with Crippen molar-refractivity contribution in [2.45, 2.75) is 11.8 Å². The lowest BCUT2D eigenvalue weighted by Gasteiger charge is -2.28. The van der Waals surface area contributed by atoms with Crippen LogP contribution in [0.2, 0.25) is 0 Å². The number of hydrogen-bond donors (Lipinski definition) is 1. The average molecular weight is 479 g/mol. The lowest BCUT2D eigenvalue weighted by molar-refractivity contribution is -0.113. The third-order valence-electron chi connectivity index (χ3n) is 5.19. The Morgan fingerprint density at radius 1 is 0.912 bits per heavy atom. The van der Waals surface area contributed by atoms with Crippen LogP contribution >= 0.6 is 0 Å². The average Bonchev–Trinajstić information content (AvgIpc) is 2.84. The number of amides is 2. The van der Waals surface area contributed by atoms with Gasteiger partial charge in [0.2, 0.25) is 0 Å². The molecule has 3 aromatic rings. The zero-order valence-electron chi connectivity index (χ0n) is 18.5. The first-order valence-electron chi connectivity index (χ1n) is 10.4. The second-order valence-electron chi connectivity index (χ2n) is 7.28. The highest BCUT2D eigenvalue weighted by Gasteiger charge is 2.36. The Hall–Kier alpha value is -4.11. The molecule has 0 radical (unpaired) electrons. The van der Waals surface area contributed by atoms with E-state index in [0.717, 1.165) is 4.90 Å². The van der Waals surface area contributed by atoms with Crippen LogP contribution in [-0.4, -0.2) is 33.9 Å². The molecule has 8 nitrogen and oxygen atoms in total. The van der Waals surface area contributed by atoms with Gasteiger partial charge in [-0.25, -0.2) is 13.3 Å². The molecule has 0 unspecified atom stereocenters. The second-order valence-corrected chi connectivity index (χ2v) is 8.96. The molecule has 1 N–H and O–H groups in total. The molecule has 1 heterocycles. The second kappa shape index (κ2) is 9.40. The number of para-hydroxylation sites is 2. The number of benzene rings is 3. The first kappa shape index (κ1) is 23.1. The summed E-state index contributed by atoms with van der Waals surface area (Å²) in [6.07, 6.45) is 1.32. The summed E-state index contributed by atoms with van der Waals surface area (Å²) < 4.78 is 39.2. The van der Waals surface area contributed by atoms with Crippen LogP contribution in [0.3, 0.4) is 0 Å². The van der Waals surface area contributed by atoms with Crippen LogP contribution in [-0.2, 0) is 19.6 Å². The van der Waals surface area contributed by atoms with Gasteiger partial charge in [0.05, 0.1) is 41.8 Å². The summed E-state index contributed by atoms with van der Waals surface area (Å²) in [5.41, 5.74) is 1.36. The summed E-state index contributed by atoms with van der Waals surface area (Å²) in [5.74, 6) is -0.809. The molecule has 34 heavy (non-hydrogen) atoms. The molecule has 0 aromatic heterocycles. The molecule has 3 aromatic carbocycles. The first-order chi connectivity index (χ1) is 16.4. The molecule has 0 saturated carbocycles. The SMILES string of the molecule is CCO/C=C1/C(=O)N(c2cccc(S(=O)(=O)Nc3ccccc3OC)c2)C(=O)c2ccccc21. The van der Waals surface area contributed by atoms with Gasteiger partial charge in [-0.05, 0) is 43.3 Å². The monoisotopic (exact) mass is 478 g/mol. The fraction of sp³-hybridized carbons (Fsp3) is 0.120. The van der Waals surface area contributed by atoms with Gasteiger partial charge in [0, 0.05) is 11.1 Å². The molecule has 0 saturated heterocycles. The van der Waals surface area contributed by atoms with E-state index >= 15 is 0 Å². The summed E-state index contributed by atoms with van der Waals surface area (Å²) in [6.45, 7) is 2.12. The standard InChI is InChI=1S/C25H22N2O6S/c1-3-33-16-21-19-11-4-5-12-20(19)24(28)27(25(21)29)17-9-8-10-18(15-17)34(30,31)26-22-13-6-7-14-23(22)32-2/h4-16,26H,3H2,1-2H3/b21-16+. The zero-order valence-corrected chi connectivity index (χ0v) is 19.3. The number of anilines is 2. The van der Waals surface area contributed by atoms with Crippen molar-refractivity contribution in [3.8, 4) is 5.75 Å². The van der Waals surface area contributed by atoms with E-state index in [1.54, 1.807) is 55.5 Å². The third kappa shape index (κ3) is 4.25. The maximum Gasteiger partial charge on any atom is 0.269 e. The summed E-state index contributed by atoms with van der Waals surface area (Å²) in [4.78, 5) is 27.4. The largest absolute Gasteiger partial charge is 0.501 e. The Morgan fingerprint density at radius 2 is 1.62 bits per heavy atom. The van der Waals surface area contributed by atoms with Crippen LogP contribution in [0.1, 0.15) is 22.8 Å². The molecule has 0 spiro atoms. The van der Waals surface area contributed by atoms with Crippen LogP contribution in [0.5, 0.6) is 5.75 Å². The molecular formula is C25H22N2O6S. The van der Waals surface area contributed by atoms with E-state index in [1.807, 2.05) is 0 Å². The van der Waals surface area contributed by atoms with Crippen LogP contribution in [0.25, 0.3) is 5.57 Å². The van der Waals surface area contributed by atoms with Gasteiger partial charge in [-0.15, -0.1) is 0 Å². The Labute approximate surface area is 197 Å². The number of carbonyl (C=O) groups excluding carboxylic acids is 2. The molecule has 1 aliphatic heterocycles. The number of fused-ring (bicyclic) bond motifs is 1. The number of sulfonamides is 1. The van der Waals surface area contributed by atoms with Gasteiger partial charge in [0.25, 0.3) is 21.8 Å². The number of rotatable bonds is 7. The first-order valence-corrected chi connectivity index (χ1v) is 11.9. The predicted octanol–water partition coefficient (Wildman–Crippen LogP) is 4.06. The number of ether oxygens (including phenoxy) is 2. The van der Waals surface area contributed by atoms with Gasteiger partial charge in [0.15, 0.2) is 0 Å². The van der Waals surface area contributed by atoms with E-state index in [0.29, 0.717) is 23.5 Å². The van der Waals surface area contributed by atoms with Gasteiger partial charge < -0.3 is 9.47 Å². The maximum absolute atomic E-state index is 13.3. The highest BCUT2D eigenvalue weighted by Crippen LogP contribution is 2.33. The van der Waals surface area contributed by atoms with Crippen LogP contribution in [0.4, 0.5) is 11.4 Å². The van der Waals surface area contributed by atoms with E-state index in [2.05, 4.69) is 4.72 Å². The summed E-state index contributed by atoms with van der Waals surface area (Å²) >= 11 is 0. The Morgan fingerprint density at radius 3 is 2.35 bits per heavy atom. The van der Waals surface area contributed by atoms with E-state index < -0.39 is 21.8 Å². The van der Waals surface area contributed by atoms with Crippen molar-refractivity contribution in [1.29, 1.82) is 0 Å². The Kier molecular flexibility index (Phi) is 6.38. The lowest BCUT2D eigenvalue weighted by Crippen LogP contribution is -2.42. The molecular weight excluding hydrogens is 456 g/mol. The molecule has 0 aliphatic carbocycles. The van der Waals surface area contributed by atoms with Crippen molar-refractivity contribution < 1.29 is 27.5 Å². The minimum atomic E-state index is -4.05. The van der Waals surface area contributed by atoms with Gasteiger partial charge in [-0.2, -0.15) is 0 Å². The highest BCUT2D eigenvalue weighted by atomic mass is 32.2. The number of methoxy groups -OCH3 is 1. The maximum atomic E-state index is 13.3. The number of carbonyl (C=O) groups is 2. The topological polar surface area (TPSA) is 102 Å². The summed E-state index contributed by atoms with van der Waals surface area (Å²) in [5, 5.41) is 0. The van der Waals surface area contributed by atoms with Gasteiger partial charge in [-0.1, -0.05) is 36.4 Å². The third-order valence-corrected chi connectivity index (χ3v) is 6.55.